The lowest BCUT2D eigenvalue weighted by Gasteiger charge is -2.30. The second kappa shape index (κ2) is 4.38. The van der Waals surface area contributed by atoms with Crippen LogP contribution >= 0.6 is 11.6 Å². The highest BCUT2D eigenvalue weighted by molar-refractivity contribution is 6.31. The van der Waals surface area contributed by atoms with Crippen molar-refractivity contribution in [1.29, 1.82) is 0 Å². The highest BCUT2D eigenvalue weighted by Crippen LogP contribution is 2.28. The van der Waals surface area contributed by atoms with E-state index in [4.69, 9.17) is 17.3 Å². The number of likely N-dealkylation sites (tertiary alicyclic amines) is 1. The Hall–Kier alpha value is -1.82. The maximum atomic E-state index is 11.5. The third kappa shape index (κ3) is 2.02. The lowest BCUT2D eigenvalue weighted by molar-refractivity contribution is -0.132. The molecule has 19 heavy (non-hydrogen) atoms. The Kier molecular flexibility index (Phi) is 2.82. The largest absolute Gasteiger partial charge is 0.369 e. The smallest absolute Gasteiger partial charge is 0.222 e. The number of fused-ring (bicyclic) bond motifs is 1. The van der Waals surface area contributed by atoms with Gasteiger partial charge in [-0.3, -0.25) is 9.36 Å². The van der Waals surface area contributed by atoms with Gasteiger partial charge in [0.1, 0.15) is 5.52 Å². The van der Waals surface area contributed by atoms with Crippen molar-refractivity contribution >= 4 is 34.6 Å². The van der Waals surface area contributed by atoms with Gasteiger partial charge < -0.3 is 10.6 Å². The molecule has 0 aromatic carbocycles. The standard InChI is InChI=1S/C12H14ClN5O/c1-17-6-8(2-3-10(17)19)18-11-9(16-12(18)14)4-7(13)5-15-11/h4-5,8H,2-3,6H2,1H3,(H2,14,16). The number of rotatable bonds is 1. The molecule has 1 aliphatic heterocycles. The Bertz CT molecular complexity index is 653. The molecule has 0 saturated carbocycles. The molecule has 0 aliphatic carbocycles. The Morgan fingerprint density at radius 1 is 1.53 bits per heavy atom. The molecule has 0 spiro atoms. The van der Waals surface area contributed by atoms with Crippen molar-refractivity contribution in [3.05, 3.63) is 17.3 Å². The van der Waals surface area contributed by atoms with Crippen molar-refractivity contribution in [3.8, 4) is 0 Å². The fraction of sp³-hybridized carbons (Fsp3) is 0.417. The van der Waals surface area contributed by atoms with Gasteiger partial charge in [0.05, 0.1) is 11.1 Å². The minimum absolute atomic E-state index is 0.112. The van der Waals surface area contributed by atoms with Crippen LogP contribution in [0.1, 0.15) is 18.9 Å². The van der Waals surface area contributed by atoms with E-state index in [9.17, 15) is 4.79 Å². The average Bonchev–Trinajstić information content (AvgIpc) is 2.68. The molecule has 6 nitrogen and oxygen atoms in total. The summed E-state index contributed by atoms with van der Waals surface area (Å²) < 4.78 is 1.90. The number of piperidine rings is 1. The van der Waals surface area contributed by atoms with Gasteiger partial charge in [-0.25, -0.2) is 9.97 Å². The van der Waals surface area contributed by atoms with E-state index in [1.165, 1.54) is 0 Å². The summed E-state index contributed by atoms with van der Waals surface area (Å²) in [5, 5.41) is 0.535. The number of likely N-dealkylation sites (N-methyl/N-ethyl adjacent to an activating group) is 1. The molecule has 2 aromatic heterocycles. The molecule has 1 fully saturated rings. The molecule has 2 N–H and O–H groups in total. The molecule has 7 heteroatoms. The zero-order valence-corrected chi connectivity index (χ0v) is 11.3. The topological polar surface area (TPSA) is 77.0 Å². The fourth-order valence-corrected chi connectivity index (χ4v) is 2.69. The van der Waals surface area contributed by atoms with Crippen LogP contribution in [0.3, 0.4) is 0 Å². The van der Waals surface area contributed by atoms with Gasteiger partial charge in [-0.15, -0.1) is 0 Å². The zero-order valence-electron chi connectivity index (χ0n) is 10.5. The van der Waals surface area contributed by atoms with Gasteiger partial charge in [0, 0.05) is 26.2 Å². The SMILES string of the molecule is CN1CC(n2c(N)nc3cc(Cl)cnc32)CCC1=O. The predicted octanol–water partition coefficient (Wildman–Crippen LogP) is 1.46. The van der Waals surface area contributed by atoms with E-state index in [0.29, 0.717) is 29.5 Å². The van der Waals surface area contributed by atoms with Crippen LogP contribution < -0.4 is 5.73 Å². The molecule has 1 aliphatic rings. The van der Waals surface area contributed by atoms with E-state index < -0.39 is 0 Å². The maximum Gasteiger partial charge on any atom is 0.222 e. The first-order valence-corrected chi connectivity index (χ1v) is 6.47. The summed E-state index contributed by atoms with van der Waals surface area (Å²) in [4.78, 5) is 21.8. The minimum atomic E-state index is 0.112. The number of carbonyl (C=O) groups is 1. The normalized spacial score (nSPS) is 20.2. The van der Waals surface area contributed by atoms with E-state index in [0.717, 1.165) is 12.1 Å². The molecular formula is C12H14ClN5O. The second-order valence-electron chi connectivity index (χ2n) is 4.80. The van der Waals surface area contributed by atoms with Crippen molar-refractivity contribution in [1.82, 2.24) is 19.4 Å². The third-order valence-corrected chi connectivity index (χ3v) is 3.70. The van der Waals surface area contributed by atoms with Crippen molar-refractivity contribution in [2.75, 3.05) is 19.3 Å². The van der Waals surface area contributed by atoms with Gasteiger partial charge >= 0.3 is 0 Å². The van der Waals surface area contributed by atoms with Crippen LogP contribution in [0.25, 0.3) is 11.2 Å². The van der Waals surface area contributed by atoms with E-state index in [1.807, 2.05) is 4.57 Å². The number of nitrogens with two attached hydrogens (primary N) is 1. The summed E-state index contributed by atoms with van der Waals surface area (Å²) >= 11 is 5.90. The second-order valence-corrected chi connectivity index (χ2v) is 5.24. The number of anilines is 1. The Morgan fingerprint density at radius 3 is 3.05 bits per heavy atom. The number of hydrogen-bond donors (Lipinski definition) is 1. The van der Waals surface area contributed by atoms with Crippen molar-refractivity contribution < 1.29 is 4.79 Å². The molecule has 100 valence electrons. The molecule has 1 saturated heterocycles. The lowest BCUT2D eigenvalue weighted by atomic mass is 10.1. The summed E-state index contributed by atoms with van der Waals surface area (Å²) in [5.74, 6) is 0.577. The zero-order chi connectivity index (χ0) is 13.6. The Balaban J connectivity index is 2.05. The van der Waals surface area contributed by atoms with Gasteiger partial charge in [0.2, 0.25) is 11.9 Å². The van der Waals surface area contributed by atoms with Gasteiger partial charge in [0.15, 0.2) is 5.65 Å². The van der Waals surface area contributed by atoms with Crippen molar-refractivity contribution in [3.63, 3.8) is 0 Å². The number of halogens is 1. The fourth-order valence-electron chi connectivity index (χ4n) is 2.54. The number of hydrogen-bond acceptors (Lipinski definition) is 4. The summed E-state index contributed by atoms with van der Waals surface area (Å²) in [6.45, 7) is 0.624. The molecule has 0 radical (unpaired) electrons. The van der Waals surface area contributed by atoms with Crippen LogP contribution in [0.2, 0.25) is 5.02 Å². The first-order chi connectivity index (χ1) is 9.06. The number of imidazole rings is 1. The van der Waals surface area contributed by atoms with Gasteiger partial charge in [-0.1, -0.05) is 11.6 Å². The minimum Gasteiger partial charge on any atom is -0.369 e. The first kappa shape index (κ1) is 12.2. The molecule has 1 atom stereocenters. The predicted molar refractivity (Wildman–Crippen MR) is 72.9 cm³/mol. The van der Waals surface area contributed by atoms with Crippen LogP contribution in [0, 0.1) is 0 Å². The Labute approximate surface area is 115 Å². The Morgan fingerprint density at radius 2 is 2.32 bits per heavy atom. The number of nitrogen functional groups attached to an aromatic ring is 1. The van der Waals surface area contributed by atoms with Gasteiger partial charge in [-0.2, -0.15) is 0 Å². The van der Waals surface area contributed by atoms with Crippen LogP contribution in [-0.2, 0) is 4.79 Å². The molecule has 0 bridgehead atoms. The van der Waals surface area contributed by atoms with E-state index in [2.05, 4.69) is 9.97 Å². The number of carbonyl (C=O) groups excluding carboxylic acids is 1. The summed E-state index contributed by atoms with van der Waals surface area (Å²) in [6.07, 6.45) is 2.86. The molecule has 3 heterocycles. The number of nitrogens with zero attached hydrogens (tertiary/aromatic N) is 4. The van der Waals surface area contributed by atoms with Crippen molar-refractivity contribution in [2.45, 2.75) is 18.9 Å². The van der Waals surface area contributed by atoms with E-state index in [1.54, 1.807) is 24.2 Å². The maximum absolute atomic E-state index is 11.5. The van der Waals surface area contributed by atoms with Gasteiger partial charge in [0.25, 0.3) is 0 Å². The average molecular weight is 280 g/mol. The molecular weight excluding hydrogens is 266 g/mol. The number of aromatic nitrogens is 3. The quantitative estimate of drug-likeness (QED) is 0.857. The van der Waals surface area contributed by atoms with Crippen LogP contribution in [-0.4, -0.2) is 38.9 Å². The summed E-state index contributed by atoms with van der Waals surface area (Å²) in [5.41, 5.74) is 7.38. The van der Waals surface area contributed by atoms with Crippen LogP contribution in [0.4, 0.5) is 5.95 Å². The summed E-state index contributed by atoms with van der Waals surface area (Å²) in [7, 11) is 1.80. The van der Waals surface area contributed by atoms with Crippen LogP contribution in [0.5, 0.6) is 0 Å². The highest BCUT2D eigenvalue weighted by Gasteiger charge is 2.27. The first-order valence-electron chi connectivity index (χ1n) is 6.09. The van der Waals surface area contributed by atoms with Crippen LogP contribution in [0.15, 0.2) is 12.3 Å². The number of amides is 1. The molecule has 1 unspecified atom stereocenters. The monoisotopic (exact) mass is 279 g/mol. The molecule has 3 rings (SSSR count). The highest BCUT2D eigenvalue weighted by atomic mass is 35.5. The summed E-state index contributed by atoms with van der Waals surface area (Å²) in [6, 6.07) is 1.86. The lowest BCUT2D eigenvalue weighted by Crippen LogP contribution is -2.38. The van der Waals surface area contributed by atoms with E-state index in [-0.39, 0.29) is 11.9 Å². The third-order valence-electron chi connectivity index (χ3n) is 3.49. The van der Waals surface area contributed by atoms with Crippen molar-refractivity contribution in [2.24, 2.45) is 0 Å². The van der Waals surface area contributed by atoms with Gasteiger partial charge in [-0.05, 0) is 12.5 Å². The van der Waals surface area contributed by atoms with E-state index >= 15 is 0 Å². The number of pyridine rings is 1. The molecule has 2 aromatic rings. The molecule has 1 amide bonds.